The second kappa shape index (κ2) is 12.4. The minimum absolute atomic E-state index is 0.00567. The molecule has 1 unspecified atom stereocenters. The molecule has 2 aromatic carbocycles. The van der Waals surface area contributed by atoms with Crippen LogP contribution in [0.25, 0.3) is 0 Å². The lowest BCUT2D eigenvalue weighted by Gasteiger charge is -2.36. The highest BCUT2D eigenvalue weighted by molar-refractivity contribution is 7.74. The van der Waals surface area contributed by atoms with E-state index in [0.717, 1.165) is 0 Å². The largest absolute Gasteiger partial charge is 0.457 e. The second-order valence-corrected chi connectivity index (χ2v) is 12.5. The van der Waals surface area contributed by atoms with Gasteiger partial charge in [0.25, 0.3) is 5.02 Å². The number of benzene rings is 2. The van der Waals surface area contributed by atoms with Gasteiger partial charge in [0.15, 0.2) is 5.78 Å². The molecule has 0 radical (unpaired) electrons. The van der Waals surface area contributed by atoms with Gasteiger partial charge in [0.2, 0.25) is 0 Å². The Labute approximate surface area is 211 Å². The lowest BCUT2D eigenvalue weighted by Crippen LogP contribution is -2.33. The molecule has 3 rings (SSSR count). The summed E-state index contributed by atoms with van der Waals surface area (Å²) in [7, 11) is -8.48. The van der Waals surface area contributed by atoms with Crippen LogP contribution in [-0.2, 0) is 27.2 Å². The number of nitrogens with zero attached hydrogens (tertiary/aromatic N) is 2. The van der Waals surface area contributed by atoms with Crippen LogP contribution >= 0.6 is 15.2 Å². The Balaban J connectivity index is 1.91. The number of ketones is 1. The maximum absolute atomic E-state index is 14.0. The van der Waals surface area contributed by atoms with Gasteiger partial charge in [0.05, 0.1) is 26.4 Å². The molecule has 0 spiro atoms. The molecule has 0 N–H and O–H groups in total. The molecule has 0 amide bonds. The summed E-state index contributed by atoms with van der Waals surface area (Å²) in [4.78, 5) is 13.4. The Kier molecular flexibility index (Phi) is 9.75. The monoisotopic (exact) mass is 538 g/mol. The van der Waals surface area contributed by atoms with Crippen LogP contribution in [0.2, 0.25) is 0 Å². The molecule has 0 aromatic heterocycles. The van der Waals surface area contributed by atoms with Crippen LogP contribution in [0.5, 0.6) is 11.5 Å². The smallest absolute Gasteiger partial charge is 0.372 e. The fourth-order valence-electron chi connectivity index (χ4n) is 3.80. The number of rotatable bonds is 14. The number of ether oxygens (including phenoxy) is 1. The van der Waals surface area contributed by atoms with Crippen molar-refractivity contribution in [1.29, 1.82) is 0 Å². The van der Waals surface area contributed by atoms with E-state index in [0.29, 0.717) is 17.1 Å². The maximum Gasteiger partial charge on any atom is 0.372 e. The summed E-state index contributed by atoms with van der Waals surface area (Å²) in [5, 5.41) is 6.13. The summed E-state index contributed by atoms with van der Waals surface area (Å²) in [6.45, 7) is 6.48. The third-order valence-corrected chi connectivity index (χ3v) is 11.5. The van der Waals surface area contributed by atoms with E-state index >= 15 is 0 Å². The predicted molar refractivity (Wildman–Crippen MR) is 135 cm³/mol. The Morgan fingerprint density at radius 1 is 0.806 bits per heavy atom. The molecule has 1 aliphatic rings. The summed E-state index contributed by atoms with van der Waals surface area (Å²) in [5.41, 5.74) is 0.334. The number of hydrogen-bond donors (Lipinski definition) is 0. The molecular formula is C24H32N2O8P2. The standard InChI is InChI=1S/C24H32N2O8P2/c1-5-30-35(28,31-6-2)24(36(29,32-7-3)33-8-4)18-22(25-26-24)23(27)19-14-16-21(17-15-19)34-20-12-10-9-11-13-20/h9-17,22H,5-8,18H2,1-4H3. The normalized spacial score (nSPS) is 17.3. The van der Waals surface area contributed by atoms with E-state index in [1.54, 1.807) is 52.0 Å². The van der Waals surface area contributed by atoms with Gasteiger partial charge in [-0.05, 0) is 64.1 Å². The molecule has 2 aromatic rings. The van der Waals surface area contributed by atoms with Crippen molar-refractivity contribution in [2.75, 3.05) is 26.4 Å². The van der Waals surface area contributed by atoms with Gasteiger partial charge < -0.3 is 22.8 Å². The summed E-state index contributed by atoms with van der Waals surface area (Å²) in [6.07, 6.45) is -0.317. The number of Topliss-reactive ketones (excluding diaryl/α,β-unsaturated/α-hetero) is 1. The average molecular weight is 538 g/mol. The van der Waals surface area contributed by atoms with Crippen LogP contribution in [0, 0.1) is 0 Å². The first-order valence-corrected chi connectivity index (χ1v) is 14.9. The zero-order valence-corrected chi connectivity index (χ0v) is 22.7. The Bertz CT molecular complexity index is 1090. The van der Waals surface area contributed by atoms with Crippen molar-refractivity contribution in [3.63, 3.8) is 0 Å². The summed E-state index contributed by atoms with van der Waals surface area (Å²) < 4.78 is 55.9. The van der Waals surface area contributed by atoms with Gasteiger partial charge in [0.1, 0.15) is 17.5 Å². The lowest BCUT2D eigenvalue weighted by molar-refractivity contribution is 0.0960. The van der Waals surface area contributed by atoms with Gasteiger partial charge in [-0.15, -0.1) is 0 Å². The van der Waals surface area contributed by atoms with Crippen molar-refractivity contribution in [2.24, 2.45) is 10.2 Å². The van der Waals surface area contributed by atoms with Gasteiger partial charge >= 0.3 is 15.2 Å². The summed E-state index contributed by atoms with van der Waals surface area (Å²) >= 11 is 0. The Morgan fingerprint density at radius 3 is 1.75 bits per heavy atom. The van der Waals surface area contributed by atoms with Crippen molar-refractivity contribution in [3.8, 4) is 11.5 Å². The lowest BCUT2D eigenvalue weighted by atomic mass is 10.0. The van der Waals surface area contributed by atoms with E-state index in [9.17, 15) is 13.9 Å². The van der Waals surface area contributed by atoms with Crippen LogP contribution in [0.15, 0.2) is 64.8 Å². The Hall–Kier alpha value is -2.19. The molecule has 1 heterocycles. The number of azo groups is 1. The molecule has 0 saturated heterocycles. The highest BCUT2D eigenvalue weighted by Crippen LogP contribution is 2.81. The van der Waals surface area contributed by atoms with Gasteiger partial charge in [-0.1, -0.05) is 18.2 Å². The van der Waals surface area contributed by atoms with Crippen LogP contribution in [0.3, 0.4) is 0 Å². The summed E-state index contributed by atoms with van der Waals surface area (Å²) in [6, 6.07) is 14.7. The number of carbonyl (C=O) groups is 1. The van der Waals surface area contributed by atoms with Crippen molar-refractivity contribution >= 4 is 21.0 Å². The van der Waals surface area contributed by atoms with Crippen molar-refractivity contribution in [1.82, 2.24) is 0 Å². The first-order valence-electron chi connectivity index (χ1n) is 11.9. The van der Waals surface area contributed by atoms with Crippen LogP contribution in [0.4, 0.5) is 0 Å². The highest BCUT2D eigenvalue weighted by Gasteiger charge is 2.69. The van der Waals surface area contributed by atoms with Gasteiger partial charge in [0, 0.05) is 12.0 Å². The fourth-order valence-corrected chi connectivity index (χ4v) is 9.15. The molecule has 0 aliphatic carbocycles. The molecule has 196 valence electrons. The first-order chi connectivity index (χ1) is 17.3. The zero-order valence-electron chi connectivity index (χ0n) is 20.9. The first kappa shape index (κ1) is 28.4. The van der Waals surface area contributed by atoms with E-state index in [1.807, 2.05) is 30.3 Å². The third-order valence-electron chi connectivity index (χ3n) is 5.32. The maximum atomic E-state index is 14.0. The number of carbonyl (C=O) groups excluding carboxylic acids is 1. The van der Waals surface area contributed by atoms with Crippen LogP contribution < -0.4 is 4.74 Å². The molecule has 1 aliphatic heterocycles. The predicted octanol–water partition coefficient (Wildman–Crippen LogP) is 7.07. The van der Waals surface area contributed by atoms with Crippen LogP contribution in [-0.4, -0.2) is 43.3 Å². The van der Waals surface area contributed by atoms with E-state index in [1.165, 1.54) is 0 Å². The molecule has 36 heavy (non-hydrogen) atoms. The molecular weight excluding hydrogens is 506 g/mol. The van der Waals surface area contributed by atoms with Gasteiger partial charge in [-0.25, -0.2) is 0 Å². The molecule has 0 saturated carbocycles. The topological polar surface area (TPSA) is 122 Å². The van der Waals surface area contributed by atoms with Gasteiger partial charge in [-0.3, -0.25) is 13.9 Å². The van der Waals surface area contributed by atoms with Crippen molar-refractivity contribution in [2.45, 2.75) is 45.2 Å². The minimum atomic E-state index is -4.24. The molecule has 0 bridgehead atoms. The molecule has 12 heteroatoms. The SMILES string of the molecule is CCOP(=O)(OCC)C1(P(=O)(OCC)OCC)CC(C(=O)c2ccc(Oc3ccccc3)cc2)N=N1. The molecule has 0 fully saturated rings. The average Bonchev–Trinajstić information content (AvgIpc) is 3.34. The van der Waals surface area contributed by atoms with Gasteiger partial charge in [-0.2, -0.15) is 10.2 Å². The third kappa shape index (κ3) is 5.70. The molecule has 10 nitrogen and oxygen atoms in total. The van der Waals surface area contributed by atoms with Crippen molar-refractivity contribution < 1.29 is 36.8 Å². The molecule has 1 atom stereocenters. The fraction of sp³-hybridized carbons (Fsp3) is 0.458. The minimum Gasteiger partial charge on any atom is -0.457 e. The quantitative estimate of drug-likeness (QED) is 0.185. The second-order valence-electron chi connectivity index (χ2n) is 7.68. The van der Waals surface area contributed by atoms with E-state index in [-0.39, 0.29) is 32.8 Å². The van der Waals surface area contributed by atoms with Crippen molar-refractivity contribution in [3.05, 3.63) is 60.2 Å². The number of para-hydroxylation sites is 1. The highest BCUT2D eigenvalue weighted by atomic mass is 31.2. The van der Waals surface area contributed by atoms with E-state index < -0.39 is 32.0 Å². The van der Waals surface area contributed by atoms with E-state index in [2.05, 4.69) is 10.2 Å². The number of hydrogen-bond acceptors (Lipinski definition) is 10. The van der Waals surface area contributed by atoms with E-state index in [4.69, 9.17) is 22.8 Å². The van der Waals surface area contributed by atoms with Crippen LogP contribution in [0.1, 0.15) is 44.5 Å². The Morgan fingerprint density at radius 2 is 1.28 bits per heavy atom. The zero-order chi connectivity index (χ0) is 26.2. The summed E-state index contributed by atoms with van der Waals surface area (Å²) in [5.74, 6) is 0.816.